The Balaban J connectivity index is 2.03. The molecule has 0 radical (unpaired) electrons. The van der Waals surface area contributed by atoms with Gasteiger partial charge in [0.25, 0.3) is 0 Å². The Kier molecular flexibility index (Phi) is 4.28. The van der Waals surface area contributed by atoms with Crippen LogP contribution in [0.2, 0.25) is 0 Å². The van der Waals surface area contributed by atoms with Gasteiger partial charge in [-0.1, -0.05) is 5.10 Å². The van der Waals surface area contributed by atoms with Crippen molar-refractivity contribution in [2.45, 2.75) is 11.3 Å². The van der Waals surface area contributed by atoms with Gasteiger partial charge in [-0.2, -0.15) is 0 Å². The number of aryl methyl sites for hydroxylation is 1. The minimum Gasteiger partial charge on any atom is -0.408 e. The molecule has 2 rings (SSSR count). The van der Waals surface area contributed by atoms with Gasteiger partial charge < -0.3 is 9.73 Å². The molecule has 17 heavy (non-hydrogen) atoms. The molecule has 0 atom stereocenters. The Bertz CT molecular complexity index is 472. The van der Waals surface area contributed by atoms with Crippen molar-refractivity contribution >= 4 is 35.1 Å². The van der Waals surface area contributed by atoms with Crippen molar-refractivity contribution < 1.29 is 4.42 Å². The second-order valence-corrected chi connectivity index (χ2v) is 4.55. The molecule has 0 fully saturated rings. The number of benzene rings is 1. The summed E-state index contributed by atoms with van der Waals surface area (Å²) in [6.07, 6.45) is 2.63. The number of nitrogens with zero attached hydrogens (tertiary/aromatic N) is 2. The maximum Gasteiger partial charge on any atom is 0.320 e. The van der Waals surface area contributed by atoms with Crippen molar-refractivity contribution in [3.05, 3.63) is 30.2 Å². The standard InChI is InChI=1S/C11H12ClN3OS/c1-17-9-4-2-8(3-5-9)13-11-15-14-10(16-11)6-7-12/h2-5H,6-7H2,1H3,(H,13,15). The first-order chi connectivity index (χ1) is 8.31. The summed E-state index contributed by atoms with van der Waals surface area (Å²) in [6.45, 7) is 0. The second-order valence-electron chi connectivity index (χ2n) is 3.29. The van der Waals surface area contributed by atoms with Gasteiger partial charge >= 0.3 is 6.01 Å². The molecule has 0 aliphatic rings. The molecule has 0 aliphatic carbocycles. The summed E-state index contributed by atoms with van der Waals surface area (Å²) in [7, 11) is 0. The average molecular weight is 270 g/mol. The number of alkyl halides is 1. The molecule has 1 heterocycles. The number of hydrogen-bond donors (Lipinski definition) is 1. The maximum absolute atomic E-state index is 5.59. The van der Waals surface area contributed by atoms with E-state index in [-0.39, 0.29) is 0 Å². The summed E-state index contributed by atoms with van der Waals surface area (Å²) in [5.41, 5.74) is 0.920. The van der Waals surface area contributed by atoms with Crippen LogP contribution in [0, 0.1) is 0 Å². The van der Waals surface area contributed by atoms with E-state index in [9.17, 15) is 0 Å². The Labute approximate surface area is 109 Å². The van der Waals surface area contributed by atoms with Gasteiger partial charge in [-0.05, 0) is 30.5 Å². The van der Waals surface area contributed by atoms with E-state index in [1.54, 1.807) is 11.8 Å². The highest BCUT2D eigenvalue weighted by Gasteiger charge is 2.05. The van der Waals surface area contributed by atoms with Crippen LogP contribution in [0.3, 0.4) is 0 Å². The molecular weight excluding hydrogens is 258 g/mol. The Hall–Kier alpha value is -1.20. The average Bonchev–Trinajstić information content (AvgIpc) is 2.78. The van der Waals surface area contributed by atoms with Crippen molar-refractivity contribution in [1.82, 2.24) is 10.2 Å². The van der Waals surface area contributed by atoms with Gasteiger partial charge in [0, 0.05) is 22.9 Å². The number of aromatic nitrogens is 2. The highest BCUT2D eigenvalue weighted by molar-refractivity contribution is 7.98. The van der Waals surface area contributed by atoms with E-state index in [4.69, 9.17) is 16.0 Å². The third-order valence-corrected chi connectivity index (χ3v) is 3.05. The van der Waals surface area contributed by atoms with E-state index in [1.807, 2.05) is 30.5 Å². The molecule has 6 heteroatoms. The molecule has 0 bridgehead atoms. The summed E-state index contributed by atoms with van der Waals surface area (Å²) in [6, 6.07) is 8.39. The highest BCUT2D eigenvalue weighted by atomic mass is 35.5. The summed E-state index contributed by atoms with van der Waals surface area (Å²) in [4.78, 5) is 1.21. The van der Waals surface area contributed by atoms with Gasteiger partial charge in [-0.3, -0.25) is 0 Å². The van der Waals surface area contributed by atoms with Crippen LogP contribution in [0.25, 0.3) is 0 Å². The zero-order valence-electron chi connectivity index (χ0n) is 9.31. The zero-order chi connectivity index (χ0) is 12.1. The number of thioether (sulfide) groups is 1. The summed E-state index contributed by atoms with van der Waals surface area (Å²) in [5, 5.41) is 10.8. The first kappa shape index (κ1) is 12.3. The quantitative estimate of drug-likeness (QED) is 0.667. The molecule has 2 aromatic rings. The van der Waals surface area contributed by atoms with Crippen LogP contribution in [0.15, 0.2) is 33.6 Å². The van der Waals surface area contributed by atoms with Crippen LogP contribution in [-0.2, 0) is 6.42 Å². The molecule has 0 saturated carbocycles. The third-order valence-electron chi connectivity index (χ3n) is 2.12. The van der Waals surface area contributed by atoms with Gasteiger partial charge in [-0.15, -0.1) is 28.5 Å². The van der Waals surface area contributed by atoms with Crippen LogP contribution >= 0.6 is 23.4 Å². The van der Waals surface area contributed by atoms with E-state index in [0.29, 0.717) is 24.2 Å². The SMILES string of the molecule is CSc1ccc(Nc2nnc(CCCl)o2)cc1. The molecule has 0 spiro atoms. The molecule has 1 aromatic heterocycles. The Morgan fingerprint density at radius 1 is 1.29 bits per heavy atom. The maximum atomic E-state index is 5.59. The summed E-state index contributed by atoms with van der Waals surface area (Å²) < 4.78 is 5.36. The molecule has 0 aliphatic heterocycles. The van der Waals surface area contributed by atoms with Gasteiger partial charge in [0.1, 0.15) is 0 Å². The molecular formula is C11H12ClN3OS. The summed E-state index contributed by atoms with van der Waals surface area (Å²) in [5.74, 6) is 1.02. The molecule has 1 N–H and O–H groups in total. The van der Waals surface area contributed by atoms with E-state index >= 15 is 0 Å². The molecule has 4 nitrogen and oxygen atoms in total. The highest BCUT2D eigenvalue weighted by Crippen LogP contribution is 2.20. The summed E-state index contributed by atoms with van der Waals surface area (Å²) >= 11 is 7.29. The largest absolute Gasteiger partial charge is 0.408 e. The van der Waals surface area contributed by atoms with Gasteiger partial charge in [0.15, 0.2) is 0 Å². The molecule has 90 valence electrons. The van der Waals surface area contributed by atoms with Crippen LogP contribution in [0.1, 0.15) is 5.89 Å². The van der Waals surface area contributed by atoms with Crippen LogP contribution < -0.4 is 5.32 Å². The van der Waals surface area contributed by atoms with E-state index in [1.165, 1.54) is 4.90 Å². The third kappa shape index (κ3) is 3.38. The molecule has 0 unspecified atom stereocenters. The lowest BCUT2D eigenvalue weighted by Crippen LogP contribution is -1.89. The molecule has 0 saturated heterocycles. The number of hydrogen-bond acceptors (Lipinski definition) is 5. The lowest BCUT2D eigenvalue weighted by atomic mass is 10.3. The first-order valence-corrected chi connectivity index (χ1v) is 6.87. The minimum atomic E-state index is 0.391. The normalized spacial score (nSPS) is 10.5. The van der Waals surface area contributed by atoms with Crippen molar-refractivity contribution in [3.63, 3.8) is 0 Å². The van der Waals surface area contributed by atoms with Gasteiger partial charge in [0.05, 0.1) is 0 Å². The number of anilines is 2. The smallest absolute Gasteiger partial charge is 0.320 e. The number of nitrogens with one attached hydrogen (secondary N) is 1. The fourth-order valence-electron chi connectivity index (χ4n) is 1.28. The van der Waals surface area contributed by atoms with E-state index in [2.05, 4.69) is 15.5 Å². The first-order valence-electron chi connectivity index (χ1n) is 5.11. The van der Waals surface area contributed by atoms with Crippen molar-refractivity contribution in [3.8, 4) is 0 Å². The lowest BCUT2D eigenvalue weighted by molar-refractivity contribution is 0.516. The predicted octanol–water partition coefficient (Wildman–Crippen LogP) is 3.32. The topological polar surface area (TPSA) is 51.0 Å². The second kappa shape index (κ2) is 5.93. The molecule has 1 aromatic carbocycles. The monoisotopic (exact) mass is 269 g/mol. The van der Waals surface area contributed by atoms with Crippen LogP contribution in [0.4, 0.5) is 11.7 Å². The van der Waals surface area contributed by atoms with Gasteiger partial charge in [0.2, 0.25) is 5.89 Å². The Morgan fingerprint density at radius 2 is 2.06 bits per heavy atom. The van der Waals surface area contributed by atoms with E-state index in [0.717, 1.165) is 5.69 Å². The fraction of sp³-hybridized carbons (Fsp3) is 0.273. The zero-order valence-corrected chi connectivity index (χ0v) is 10.9. The van der Waals surface area contributed by atoms with E-state index < -0.39 is 0 Å². The van der Waals surface area contributed by atoms with Crippen LogP contribution in [0.5, 0.6) is 0 Å². The predicted molar refractivity (Wildman–Crippen MR) is 70.2 cm³/mol. The van der Waals surface area contributed by atoms with Crippen LogP contribution in [-0.4, -0.2) is 22.3 Å². The van der Waals surface area contributed by atoms with Crippen molar-refractivity contribution in [2.24, 2.45) is 0 Å². The fourth-order valence-corrected chi connectivity index (χ4v) is 1.85. The van der Waals surface area contributed by atoms with Crippen molar-refractivity contribution in [2.75, 3.05) is 17.5 Å². The van der Waals surface area contributed by atoms with Gasteiger partial charge in [-0.25, -0.2) is 0 Å². The minimum absolute atomic E-state index is 0.391. The lowest BCUT2D eigenvalue weighted by Gasteiger charge is -2.01. The molecule has 0 amide bonds. The Morgan fingerprint density at radius 3 is 2.71 bits per heavy atom. The number of rotatable bonds is 5. The number of halogens is 1. The van der Waals surface area contributed by atoms with Crippen molar-refractivity contribution in [1.29, 1.82) is 0 Å².